The molecule has 0 unspecified atom stereocenters. The molecule has 0 aliphatic carbocycles. The molecule has 0 radical (unpaired) electrons. The van der Waals surface area contributed by atoms with Crippen LogP contribution in [0.4, 0.5) is 0 Å². The molecule has 0 bridgehead atoms. The molecule has 1 N–H and O–H groups in total. The predicted molar refractivity (Wildman–Crippen MR) is 60.0 cm³/mol. The number of nitrogens with zero attached hydrogens (tertiary/aromatic N) is 2. The molecule has 94 valence electrons. The van der Waals surface area contributed by atoms with E-state index in [9.17, 15) is 13.2 Å². The van der Waals surface area contributed by atoms with E-state index in [4.69, 9.17) is 5.11 Å². The molecule has 1 aliphatic heterocycles. The van der Waals surface area contributed by atoms with Crippen molar-refractivity contribution in [2.75, 3.05) is 6.54 Å². The number of aromatic nitrogens is 1. The zero-order valence-corrected chi connectivity index (χ0v) is 10.2. The van der Waals surface area contributed by atoms with E-state index in [1.807, 2.05) is 0 Å². The summed E-state index contributed by atoms with van der Waals surface area (Å²) in [4.78, 5) is 11.1. The summed E-state index contributed by atoms with van der Waals surface area (Å²) in [6, 6.07) is 0.548. The van der Waals surface area contributed by atoms with Crippen LogP contribution in [0.15, 0.2) is 23.4 Å². The molecule has 1 aromatic rings. The van der Waals surface area contributed by atoms with E-state index in [2.05, 4.69) is 0 Å². The summed E-state index contributed by atoms with van der Waals surface area (Å²) in [7, 11) is -1.96. The minimum Gasteiger partial charge on any atom is -0.480 e. The fourth-order valence-electron chi connectivity index (χ4n) is 2.04. The van der Waals surface area contributed by atoms with E-state index in [-0.39, 0.29) is 11.4 Å². The Kier molecular flexibility index (Phi) is 2.96. The summed E-state index contributed by atoms with van der Waals surface area (Å²) in [5.41, 5.74) is 0. The van der Waals surface area contributed by atoms with Crippen LogP contribution in [0.1, 0.15) is 12.8 Å². The summed E-state index contributed by atoms with van der Waals surface area (Å²) < 4.78 is 27.1. The van der Waals surface area contributed by atoms with Crippen molar-refractivity contribution >= 4 is 16.0 Å². The molecular formula is C10H14N2O4S. The van der Waals surface area contributed by atoms with Gasteiger partial charge in [-0.15, -0.1) is 0 Å². The average molecular weight is 258 g/mol. The summed E-state index contributed by atoms with van der Waals surface area (Å²) in [5, 5.41) is 8.99. The Balaban J connectivity index is 2.36. The van der Waals surface area contributed by atoms with Crippen molar-refractivity contribution < 1.29 is 18.3 Å². The highest BCUT2D eigenvalue weighted by Gasteiger charge is 2.39. The lowest BCUT2D eigenvalue weighted by Gasteiger charge is -2.19. The largest absolute Gasteiger partial charge is 0.480 e. The van der Waals surface area contributed by atoms with E-state index < -0.39 is 22.0 Å². The molecule has 1 saturated heterocycles. The molecule has 0 saturated carbocycles. The van der Waals surface area contributed by atoms with E-state index >= 15 is 0 Å². The van der Waals surface area contributed by atoms with Crippen LogP contribution in [0.2, 0.25) is 0 Å². The summed E-state index contributed by atoms with van der Waals surface area (Å²) in [6.45, 7) is 0.272. The van der Waals surface area contributed by atoms with Gasteiger partial charge in [0, 0.05) is 26.0 Å². The van der Waals surface area contributed by atoms with Crippen molar-refractivity contribution in [3.63, 3.8) is 0 Å². The summed E-state index contributed by atoms with van der Waals surface area (Å²) in [6.07, 6.45) is 4.07. The first-order valence-electron chi connectivity index (χ1n) is 5.29. The fraction of sp³-hybridized carbons (Fsp3) is 0.500. The molecule has 6 nitrogen and oxygen atoms in total. The van der Waals surface area contributed by atoms with Crippen molar-refractivity contribution in [1.29, 1.82) is 0 Å². The van der Waals surface area contributed by atoms with Gasteiger partial charge in [-0.3, -0.25) is 4.79 Å². The maximum absolute atomic E-state index is 12.2. The highest BCUT2D eigenvalue weighted by Crippen LogP contribution is 2.26. The number of sulfonamides is 1. The van der Waals surface area contributed by atoms with Gasteiger partial charge in [0.2, 0.25) is 10.0 Å². The van der Waals surface area contributed by atoms with Gasteiger partial charge < -0.3 is 9.67 Å². The van der Waals surface area contributed by atoms with Gasteiger partial charge in [0.05, 0.1) is 4.90 Å². The predicted octanol–water partition coefficient (Wildman–Crippen LogP) is 0.263. The highest BCUT2D eigenvalue weighted by atomic mass is 32.2. The molecule has 0 aromatic carbocycles. The Labute approximate surface area is 99.5 Å². The second-order valence-corrected chi connectivity index (χ2v) is 6.02. The zero-order chi connectivity index (χ0) is 12.6. The van der Waals surface area contributed by atoms with Gasteiger partial charge in [0.25, 0.3) is 0 Å². The minimum absolute atomic E-state index is 0.146. The van der Waals surface area contributed by atoms with E-state index in [1.165, 1.54) is 12.3 Å². The Hall–Kier alpha value is -1.34. The summed E-state index contributed by atoms with van der Waals surface area (Å²) in [5.74, 6) is -1.08. The van der Waals surface area contributed by atoms with Gasteiger partial charge in [-0.25, -0.2) is 8.42 Å². The molecule has 0 spiro atoms. The Morgan fingerprint density at radius 2 is 2.24 bits per heavy atom. The third kappa shape index (κ3) is 2.07. The van der Waals surface area contributed by atoms with Crippen LogP contribution in [0.5, 0.6) is 0 Å². The molecule has 1 aliphatic rings. The molecule has 2 heterocycles. The standard InChI is InChI=1S/C10H14N2O4S/c1-11-6-4-8(7-11)17(15,16)12-5-2-3-9(12)10(13)14/h4,6-7,9H,2-3,5H2,1H3,(H,13,14)/t9-/m1/s1. The normalized spacial score (nSPS) is 21.8. The van der Waals surface area contributed by atoms with Crippen molar-refractivity contribution in [3.8, 4) is 0 Å². The zero-order valence-electron chi connectivity index (χ0n) is 9.41. The smallest absolute Gasteiger partial charge is 0.322 e. The first-order chi connectivity index (χ1) is 7.93. The maximum atomic E-state index is 12.2. The second-order valence-electron chi connectivity index (χ2n) is 4.12. The molecule has 1 aromatic heterocycles. The van der Waals surface area contributed by atoms with Crippen LogP contribution >= 0.6 is 0 Å². The topological polar surface area (TPSA) is 79.6 Å². The number of hydrogen-bond acceptors (Lipinski definition) is 3. The molecule has 0 amide bonds. The first-order valence-corrected chi connectivity index (χ1v) is 6.73. The van der Waals surface area contributed by atoms with Crippen LogP contribution in [0.25, 0.3) is 0 Å². The van der Waals surface area contributed by atoms with Crippen LogP contribution in [0, 0.1) is 0 Å². The van der Waals surface area contributed by atoms with Crippen LogP contribution in [0.3, 0.4) is 0 Å². The monoisotopic (exact) mass is 258 g/mol. The van der Waals surface area contributed by atoms with Crippen LogP contribution < -0.4 is 0 Å². The van der Waals surface area contributed by atoms with Crippen molar-refractivity contribution in [1.82, 2.24) is 8.87 Å². The lowest BCUT2D eigenvalue weighted by Crippen LogP contribution is -2.40. The third-order valence-corrected chi connectivity index (χ3v) is 4.79. The molecule has 1 fully saturated rings. The minimum atomic E-state index is -3.68. The Morgan fingerprint density at radius 3 is 2.76 bits per heavy atom. The SMILES string of the molecule is Cn1ccc(S(=O)(=O)N2CCC[C@@H]2C(=O)O)c1. The third-order valence-electron chi connectivity index (χ3n) is 2.90. The molecule has 1 atom stereocenters. The molecule has 2 rings (SSSR count). The van der Waals surface area contributed by atoms with Gasteiger partial charge in [-0.1, -0.05) is 0 Å². The Morgan fingerprint density at radius 1 is 1.53 bits per heavy atom. The Bertz CT molecular complexity index is 534. The van der Waals surface area contributed by atoms with Gasteiger partial charge >= 0.3 is 5.97 Å². The van der Waals surface area contributed by atoms with Crippen LogP contribution in [-0.2, 0) is 21.9 Å². The van der Waals surface area contributed by atoms with E-state index in [0.717, 1.165) is 4.31 Å². The second kappa shape index (κ2) is 4.15. The number of hydrogen-bond donors (Lipinski definition) is 1. The van der Waals surface area contributed by atoms with Gasteiger partial charge in [-0.05, 0) is 18.9 Å². The number of carboxylic acids is 1. The quantitative estimate of drug-likeness (QED) is 0.843. The molecule has 7 heteroatoms. The number of carboxylic acid groups (broad SMARTS) is 1. The van der Waals surface area contributed by atoms with Crippen molar-refractivity contribution in [2.45, 2.75) is 23.8 Å². The summed E-state index contributed by atoms with van der Waals surface area (Å²) >= 11 is 0. The number of carbonyl (C=O) groups is 1. The molecule has 17 heavy (non-hydrogen) atoms. The lowest BCUT2D eigenvalue weighted by atomic mass is 10.2. The number of rotatable bonds is 3. The van der Waals surface area contributed by atoms with Crippen molar-refractivity contribution in [3.05, 3.63) is 18.5 Å². The van der Waals surface area contributed by atoms with E-state index in [0.29, 0.717) is 12.8 Å². The number of aryl methyl sites for hydroxylation is 1. The average Bonchev–Trinajstić information content (AvgIpc) is 2.84. The van der Waals surface area contributed by atoms with E-state index in [1.54, 1.807) is 17.8 Å². The number of aliphatic carboxylic acids is 1. The first kappa shape index (κ1) is 12.1. The fourth-order valence-corrected chi connectivity index (χ4v) is 3.74. The van der Waals surface area contributed by atoms with Gasteiger partial charge in [-0.2, -0.15) is 4.31 Å². The van der Waals surface area contributed by atoms with Gasteiger partial charge in [0.15, 0.2) is 0 Å². The van der Waals surface area contributed by atoms with Gasteiger partial charge in [0.1, 0.15) is 6.04 Å². The van der Waals surface area contributed by atoms with Crippen molar-refractivity contribution in [2.24, 2.45) is 7.05 Å². The molecular weight excluding hydrogens is 244 g/mol. The van der Waals surface area contributed by atoms with Crippen LogP contribution in [-0.4, -0.2) is 41.0 Å². The maximum Gasteiger partial charge on any atom is 0.322 e. The lowest BCUT2D eigenvalue weighted by molar-refractivity contribution is -0.140. The highest BCUT2D eigenvalue weighted by molar-refractivity contribution is 7.89.